The number of hydrogen-bond acceptors (Lipinski definition) is 6. The molecule has 0 radical (unpaired) electrons. The molecule has 1 aliphatic heterocycles. The Balaban J connectivity index is 2.17. The first-order valence-electron chi connectivity index (χ1n) is 6.31. The summed E-state index contributed by atoms with van der Waals surface area (Å²) in [5, 5.41) is 19.2. The number of rotatable bonds is 3. The fourth-order valence-electron chi connectivity index (χ4n) is 2.08. The lowest BCUT2D eigenvalue weighted by atomic mass is 10.0. The molecule has 20 heavy (non-hydrogen) atoms. The summed E-state index contributed by atoms with van der Waals surface area (Å²) in [4.78, 5) is 0.0219. The van der Waals surface area contributed by atoms with E-state index in [0.29, 0.717) is 0 Å². The lowest BCUT2D eigenvalue weighted by Gasteiger charge is -2.35. The van der Waals surface area contributed by atoms with Gasteiger partial charge in [-0.1, -0.05) is 17.7 Å². The van der Waals surface area contributed by atoms with E-state index in [0.717, 1.165) is 5.56 Å². The minimum atomic E-state index is -3.98. The van der Waals surface area contributed by atoms with Crippen molar-refractivity contribution in [3.05, 3.63) is 29.8 Å². The summed E-state index contributed by atoms with van der Waals surface area (Å²) in [6.45, 7) is 3.39. The molecule has 7 heteroatoms. The average molecular weight is 302 g/mol. The van der Waals surface area contributed by atoms with Gasteiger partial charge in [-0.15, -0.1) is 0 Å². The van der Waals surface area contributed by atoms with Crippen LogP contribution in [0.25, 0.3) is 0 Å². The second kappa shape index (κ2) is 5.79. The monoisotopic (exact) mass is 302 g/mol. The molecule has 1 aliphatic rings. The largest absolute Gasteiger partial charge is 0.390 e. The Labute approximate surface area is 118 Å². The van der Waals surface area contributed by atoms with Crippen LogP contribution in [0, 0.1) is 6.92 Å². The smallest absolute Gasteiger partial charge is 0.297 e. The van der Waals surface area contributed by atoms with Gasteiger partial charge in [-0.2, -0.15) is 8.42 Å². The predicted molar refractivity (Wildman–Crippen MR) is 70.4 cm³/mol. The van der Waals surface area contributed by atoms with Crippen molar-refractivity contribution in [2.24, 2.45) is 0 Å². The highest BCUT2D eigenvalue weighted by molar-refractivity contribution is 7.86. The molecule has 1 aromatic carbocycles. The lowest BCUT2D eigenvalue weighted by molar-refractivity contribution is -0.220. The molecular weight excluding hydrogens is 284 g/mol. The van der Waals surface area contributed by atoms with Crippen LogP contribution in [0.4, 0.5) is 0 Å². The maximum Gasteiger partial charge on any atom is 0.297 e. The minimum absolute atomic E-state index is 0.0219. The van der Waals surface area contributed by atoms with Gasteiger partial charge in [-0.05, 0) is 26.0 Å². The van der Waals surface area contributed by atoms with Gasteiger partial charge in [0, 0.05) is 6.42 Å². The summed E-state index contributed by atoms with van der Waals surface area (Å²) in [6.07, 6.45) is -4.06. The van der Waals surface area contributed by atoms with Crippen molar-refractivity contribution in [1.82, 2.24) is 0 Å². The summed E-state index contributed by atoms with van der Waals surface area (Å²) < 4.78 is 34.4. The van der Waals surface area contributed by atoms with Crippen molar-refractivity contribution < 1.29 is 27.6 Å². The highest BCUT2D eigenvalue weighted by atomic mass is 32.2. The Morgan fingerprint density at radius 1 is 1.25 bits per heavy atom. The van der Waals surface area contributed by atoms with Crippen LogP contribution in [0.1, 0.15) is 18.9 Å². The Morgan fingerprint density at radius 2 is 1.85 bits per heavy atom. The van der Waals surface area contributed by atoms with E-state index in [1.165, 1.54) is 12.1 Å². The van der Waals surface area contributed by atoms with Gasteiger partial charge < -0.3 is 14.9 Å². The van der Waals surface area contributed by atoms with E-state index < -0.39 is 34.7 Å². The van der Waals surface area contributed by atoms with E-state index in [2.05, 4.69) is 0 Å². The molecule has 4 atom stereocenters. The molecule has 0 bridgehead atoms. The molecule has 2 rings (SSSR count). The van der Waals surface area contributed by atoms with Crippen molar-refractivity contribution in [3.8, 4) is 0 Å². The molecule has 1 saturated heterocycles. The normalized spacial score (nSPS) is 31.2. The molecule has 0 aliphatic carbocycles. The van der Waals surface area contributed by atoms with Crippen molar-refractivity contribution in [2.45, 2.75) is 49.8 Å². The Morgan fingerprint density at radius 3 is 2.40 bits per heavy atom. The SMILES string of the molecule is Cc1ccc(S(=O)(=O)O[C@H]2[C@@H](O)C[C@@H](O)O[C@@H]2C)cc1. The lowest BCUT2D eigenvalue weighted by Crippen LogP contribution is -2.49. The molecule has 1 aromatic rings. The van der Waals surface area contributed by atoms with Crippen LogP contribution in [-0.4, -0.2) is 43.2 Å². The van der Waals surface area contributed by atoms with Crippen LogP contribution in [-0.2, 0) is 19.0 Å². The molecule has 0 aromatic heterocycles. The minimum Gasteiger partial charge on any atom is -0.390 e. The molecule has 0 saturated carbocycles. The standard InChI is InChI=1S/C13H18O6S/c1-8-3-5-10(6-4-8)20(16,17)19-13-9(2)18-12(15)7-11(13)14/h3-6,9,11-15H,7H2,1-2H3/t9-,11+,12+,13-/m1/s1. The molecule has 0 spiro atoms. The summed E-state index contributed by atoms with van der Waals surface area (Å²) in [5.41, 5.74) is 0.932. The quantitative estimate of drug-likeness (QED) is 0.792. The van der Waals surface area contributed by atoms with E-state index >= 15 is 0 Å². The van der Waals surface area contributed by atoms with Gasteiger partial charge in [-0.3, -0.25) is 4.18 Å². The van der Waals surface area contributed by atoms with E-state index in [1.54, 1.807) is 19.1 Å². The topological polar surface area (TPSA) is 93.1 Å². The van der Waals surface area contributed by atoms with Crippen LogP contribution in [0.2, 0.25) is 0 Å². The third-order valence-electron chi connectivity index (χ3n) is 3.20. The van der Waals surface area contributed by atoms with Crippen LogP contribution in [0.3, 0.4) is 0 Å². The number of aliphatic hydroxyl groups excluding tert-OH is 2. The first-order chi connectivity index (χ1) is 9.29. The number of ether oxygens (including phenoxy) is 1. The zero-order valence-corrected chi connectivity index (χ0v) is 12.1. The van der Waals surface area contributed by atoms with E-state index in [-0.39, 0.29) is 11.3 Å². The van der Waals surface area contributed by atoms with Gasteiger partial charge in [0.25, 0.3) is 10.1 Å². The molecule has 6 nitrogen and oxygen atoms in total. The van der Waals surface area contributed by atoms with Gasteiger partial charge in [-0.25, -0.2) is 0 Å². The number of benzene rings is 1. The molecular formula is C13H18O6S. The Hall–Kier alpha value is -0.990. The van der Waals surface area contributed by atoms with E-state index in [1.807, 2.05) is 6.92 Å². The van der Waals surface area contributed by atoms with Gasteiger partial charge in [0.15, 0.2) is 6.29 Å². The van der Waals surface area contributed by atoms with Crippen LogP contribution >= 0.6 is 0 Å². The van der Waals surface area contributed by atoms with E-state index in [9.17, 15) is 18.6 Å². The van der Waals surface area contributed by atoms with Gasteiger partial charge >= 0.3 is 0 Å². The van der Waals surface area contributed by atoms with Crippen molar-refractivity contribution in [1.29, 1.82) is 0 Å². The fourth-order valence-corrected chi connectivity index (χ4v) is 3.24. The highest BCUT2D eigenvalue weighted by Crippen LogP contribution is 2.25. The molecule has 1 heterocycles. The van der Waals surface area contributed by atoms with Gasteiger partial charge in [0.1, 0.15) is 6.10 Å². The van der Waals surface area contributed by atoms with Crippen LogP contribution in [0.15, 0.2) is 29.2 Å². The maximum atomic E-state index is 12.1. The van der Waals surface area contributed by atoms with Crippen LogP contribution < -0.4 is 0 Å². The summed E-state index contributed by atoms with van der Waals surface area (Å²) >= 11 is 0. The third-order valence-corrected chi connectivity index (χ3v) is 4.53. The first-order valence-corrected chi connectivity index (χ1v) is 7.72. The van der Waals surface area contributed by atoms with E-state index in [4.69, 9.17) is 8.92 Å². The number of aryl methyl sites for hydroxylation is 1. The van der Waals surface area contributed by atoms with Crippen molar-refractivity contribution >= 4 is 10.1 Å². The molecule has 2 N–H and O–H groups in total. The second-order valence-electron chi connectivity index (χ2n) is 4.93. The van der Waals surface area contributed by atoms with Gasteiger partial charge in [0.2, 0.25) is 0 Å². The summed E-state index contributed by atoms with van der Waals surface area (Å²) in [7, 11) is -3.98. The molecule has 0 unspecified atom stereocenters. The number of aliphatic hydroxyl groups is 2. The average Bonchev–Trinajstić information content (AvgIpc) is 2.34. The highest BCUT2D eigenvalue weighted by Gasteiger charge is 2.38. The molecule has 112 valence electrons. The maximum absolute atomic E-state index is 12.1. The third kappa shape index (κ3) is 3.36. The molecule has 0 amide bonds. The Bertz CT molecular complexity index is 541. The summed E-state index contributed by atoms with van der Waals surface area (Å²) in [6, 6.07) is 6.22. The zero-order valence-electron chi connectivity index (χ0n) is 11.3. The van der Waals surface area contributed by atoms with Gasteiger partial charge in [0.05, 0.1) is 17.1 Å². The summed E-state index contributed by atoms with van der Waals surface area (Å²) in [5.74, 6) is 0. The second-order valence-corrected chi connectivity index (χ2v) is 6.50. The number of hydrogen-bond donors (Lipinski definition) is 2. The van der Waals surface area contributed by atoms with Crippen LogP contribution in [0.5, 0.6) is 0 Å². The zero-order chi connectivity index (χ0) is 14.9. The fraction of sp³-hybridized carbons (Fsp3) is 0.538. The Kier molecular flexibility index (Phi) is 4.46. The van der Waals surface area contributed by atoms with Crippen molar-refractivity contribution in [2.75, 3.05) is 0 Å². The van der Waals surface area contributed by atoms with Crippen molar-refractivity contribution in [3.63, 3.8) is 0 Å². The predicted octanol–water partition coefficient (Wildman–Crippen LogP) is 0.557. The first kappa shape index (κ1) is 15.4. The molecule has 1 fully saturated rings.